The van der Waals surface area contributed by atoms with Crippen molar-refractivity contribution in [2.45, 2.75) is 4.90 Å². The van der Waals surface area contributed by atoms with E-state index in [4.69, 9.17) is 0 Å². The van der Waals surface area contributed by atoms with Crippen LogP contribution < -0.4 is 10.1 Å². The zero-order valence-corrected chi connectivity index (χ0v) is 12.4. The number of amides is 1. The lowest BCUT2D eigenvalue weighted by Gasteiger charge is -2.12. The normalized spacial score (nSPS) is 11.6. The number of halogens is 1. The molecule has 0 heterocycles. The third-order valence-electron chi connectivity index (χ3n) is 1.90. The number of hydrazine groups is 1. The average molecular weight is 336 g/mol. The van der Waals surface area contributed by atoms with E-state index >= 15 is 0 Å². The van der Waals surface area contributed by atoms with Crippen LogP contribution in [0.15, 0.2) is 33.6 Å². The molecule has 1 aromatic rings. The van der Waals surface area contributed by atoms with Gasteiger partial charge in [-0.2, -0.15) is 0 Å². The second kappa shape index (κ2) is 6.28. The predicted molar refractivity (Wildman–Crippen MR) is 71.2 cm³/mol. The molecule has 0 aliphatic carbocycles. The Morgan fingerprint density at radius 2 is 1.94 bits per heavy atom. The summed E-state index contributed by atoms with van der Waals surface area (Å²) in [7, 11) is -0.420. The Balaban J connectivity index is 2.72. The second-order valence-corrected chi connectivity index (χ2v) is 6.27. The van der Waals surface area contributed by atoms with Crippen molar-refractivity contribution in [1.29, 1.82) is 0 Å². The number of sulfonamides is 1. The van der Waals surface area contributed by atoms with Crippen LogP contribution in [0.3, 0.4) is 0 Å². The number of carbonyl (C=O) groups excluding carboxylic acids is 1. The van der Waals surface area contributed by atoms with E-state index in [9.17, 15) is 13.2 Å². The van der Waals surface area contributed by atoms with Gasteiger partial charge in [-0.3, -0.25) is 10.2 Å². The molecule has 0 bridgehead atoms. The number of nitrogens with zero attached hydrogens (tertiary/aromatic N) is 1. The highest BCUT2D eigenvalue weighted by molar-refractivity contribution is 9.10. The Morgan fingerprint density at radius 3 is 2.50 bits per heavy atom. The molecule has 2 N–H and O–H groups in total. The summed E-state index contributed by atoms with van der Waals surface area (Å²) in [6.45, 7) is -0.318. The maximum absolute atomic E-state index is 11.9. The summed E-state index contributed by atoms with van der Waals surface area (Å²) < 4.78 is 26.5. The number of rotatable bonds is 5. The molecule has 18 heavy (non-hydrogen) atoms. The molecule has 0 aliphatic rings. The number of nitrogens with one attached hydrogen (secondary N) is 2. The predicted octanol–water partition coefficient (Wildman–Crippen LogP) is 0.320. The zero-order valence-electron chi connectivity index (χ0n) is 9.97. The van der Waals surface area contributed by atoms with Crippen LogP contribution in [0.2, 0.25) is 0 Å². The topological polar surface area (TPSA) is 78.5 Å². The summed E-state index contributed by atoms with van der Waals surface area (Å²) in [5, 5.41) is 1.44. The maximum atomic E-state index is 11.9. The van der Waals surface area contributed by atoms with Gasteiger partial charge in [0.1, 0.15) is 0 Å². The molecule has 0 aliphatic heterocycles. The van der Waals surface area contributed by atoms with Crippen LogP contribution in [0.5, 0.6) is 0 Å². The summed E-state index contributed by atoms with van der Waals surface area (Å²) in [6.07, 6.45) is 0. The monoisotopic (exact) mass is 335 g/mol. The summed E-state index contributed by atoms with van der Waals surface area (Å²) in [4.78, 5) is 11.4. The molecule has 6 nitrogen and oxygen atoms in total. The van der Waals surface area contributed by atoms with Crippen molar-refractivity contribution < 1.29 is 13.2 Å². The van der Waals surface area contributed by atoms with Crippen LogP contribution in [0.25, 0.3) is 0 Å². The minimum Gasteiger partial charge on any atom is -0.288 e. The van der Waals surface area contributed by atoms with Crippen LogP contribution in [-0.4, -0.2) is 40.0 Å². The summed E-state index contributed by atoms with van der Waals surface area (Å²) in [5.74, 6) is -0.435. The van der Waals surface area contributed by atoms with E-state index in [1.165, 1.54) is 11.1 Å². The Hall–Kier alpha value is -0.960. The number of hydrogen-bond donors (Lipinski definition) is 2. The van der Waals surface area contributed by atoms with Crippen molar-refractivity contribution in [1.82, 2.24) is 15.2 Å². The first kappa shape index (κ1) is 15.1. The van der Waals surface area contributed by atoms with E-state index in [1.807, 2.05) is 0 Å². The SMILES string of the molecule is CN(C)NC(=O)CNS(=O)(=O)c1ccccc1Br. The first-order valence-corrected chi connectivity index (χ1v) is 7.31. The van der Waals surface area contributed by atoms with Gasteiger partial charge in [0.15, 0.2) is 0 Å². The van der Waals surface area contributed by atoms with Crippen LogP contribution in [0, 0.1) is 0 Å². The molecule has 0 spiro atoms. The highest BCUT2D eigenvalue weighted by atomic mass is 79.9. The van der Waals surface area contributed by atoms with Crippen molar-refractivity contribution in [3.8, 4) is 0 Å². The smallest absolute Gasteiger partial charge is 0.249 e. The molecule has 1 aromatic carbocycles. The van der Waals surface area contributed by atoms with Crippen molar-refractivity contribution in [3.63, 3.8) is 0 Å². The van der Waals surface area contributed by atoms with E-state index in [1.54, 1.807) is 32.3 Å². The largest absolute Gasteiger partial charge is 0.288 e. The molecule has 0 radical (unpaired) electrons. The van der Waals surface area contributed by atoms with Gasteiger partial charge < -0.3 is 0 Å². The number of hydrogen-bond acceptors (Lipinski definition) is 4. The molecule has 1 rings (SSSR count). The van der Waals surface area contributed by atoms with Gasteiger partial charge in [0, 0.05) is 18.6 Å². The molecule has 0 saturated heterocycles. The lowest BCUT2D eigenvalue weighted by molar-refractivity contribution is -0.123. The highest BCUT2D eigenvalue weighted by Crippen LogP contribution is 2.20. The second-order valence-electron chi connectivity index (χ2n) is 3.68. The van der Waals surface area contributed by atoms with E-state index < -0.39 is 15.9 Å². The van der Waals surface area contributed by atoms with Crippen molar-refractivity contribution in [2.24, 2.45) is 0 Å². The Labute approximate surface area is 115 Å². The first-order valence-electron chi connectivity index (χ1n) is 5.04. The molecule has 0 saturated carbocycles. The zero-order chi connectivity index (χ0) is 13.8. The third-order valence-corrected chi connectivity index (χ3v) is 4.31. The Kier molecular flexibility index (Phi) is 5.27. The fraction of sp³-hybridized carbons (Fsp3) is 0.300. The van der Waals surface area contributed by atoms with E-state index in [-0.39, 0.29) is 11.4 Å². The van der Waals surface area contributed by atoms with E-state index in [2.05, 4.69) is 26.1 Å². The number of carbonyl (C=O) groups is 1. The number of benzene rings is 1. The van der Waals surface area contributed by atoms with Crippen molar-refractivity contribution in [2.75, 3.05) is 20.6 Å². The van der Waals surface area contributed by atoms with Gasteiger partial charge in [-0.15, -0.1) is 0 Å². The molecular weight excluding hydrogens is 322 g/mol. The minimum absolute atomic E-state index is 0.0997. The standard InChI is InChI=1S/C10H14BrN3O3S/c1-14(2)13-10(15)7-12-18(16,17)9-6-4-3-5-8(9)11/h3-6,12H,7H2,1-2H3,(H,13,15). The highest BCUT2D eigenvalue weighted by Gasteiger charge is 2.18. The third kappa shape index (κ3) is 4.37. The molecule has 100 valence electrons. The lowest BCUT2D eigenvalue weighted by Crippen LogP contribution is -2.43. The van der Waals surface area contributed by atoms with Crippen molar-refractivity contribution >= 4 is 31.9 Å². The van der Waals surface area contributed by atoms with Crippen LogP contribution in [0.4, 0.5) is 0 Å². The maximum Gasteiger partial charge on any atom is 0.249 e. The van der Waals surface area contributed by atoms with Gasteiger partial charge in [-0.1, -0.05) is 12.1 Å². The Morgan fingerprint density at radius 1 is 1.33 bits per heavy atom. The molecular formula is C10H14BrN3O3S. The molecule has 0 aromatic heterocycles. The molecule has 8 heteroatoms. The van der Waals surface area contributed by atoms with Crippen LogP contribution >= 0.6 is 15.9 Å². The molecule has 0 fully saturated rings. The van der Waals surface area contributed by atoms with Gasteiger partial charge in [-0.05, 0) is 28.1 Å². The van der Waals surface area contributed by atoms with E-state index in [0.717, 1.165) is 0 Å². The minimum atomic E-state index is -3.70. The van der Waals surface area contributed by atoms with Crippen molar-refractivity contribution in [3.05, 3.63) is 28.7 Å². The van der Waals surface area contributed by atoms with Gasteiger partial charge in [0.2, 0.25) is 15.9 Å². The van der Waals surface area contributed by atoms with Gasteiger partial charge >= 0.3 is 0 Å². The molecule has 0 atom stereocenters. The quantitative estimate of drug-likeness (QED) is 0.759. The van der Waals surface area contributed by atoms with Gasteiger partial charge in [0.25, 0.3) is 0 Å². The fourth-order valence-corrected chi connectivity index (χ4v) is 3.17. The molecule has 0 unspecified atom stereocenters. The van der Waals surface area contributed by atoms with Gasteiger partial charge in [-0.25, -0.2) is 18.1 Å². The fourth-order valence-electron chi connectivity index (χ4n) is 1.19. The van der Waals surface area contributed by atoms with E-state index in [0.29, 0.717) is 4.47 Å². The average Bonchev–Trinajstić information content (AvgIpc) is 2.26. The Bertz CT molecular complexity index is 531. The van der Waals surface area contributed by atoms with Crippen LogP contribution in [0.1, 0.15) is 0 Å². The summed E-state index contributed by atoms with van der Waals surface area (Å²) in [6, 6.07) is 6.39. The molecule has 1 amide bonds. The summed E-state index contributed by atoms with van der Waals surface area (Å²) >= 11 is 3.15. The van der Waals surface area contributed by atoms with Gasteiger partial charge in [0.05, 0.1) is 11.4 Å². The van der Waals surface area contributed by atoms with Crippen LogP contribution in [-0.2, 0) is 14.8 Å². The summed E-state index contributed by atoms with van der Waals surface area (Å²) in [5.41, 5.74) is 2.44. The first-order chi connectivity index (χ1) is 8.33. The lowest BCUT2D eigenvalue weighted by atomic mass is 10.4.